The summed E-state index contributed by atoms with van der Waals surface area (Å²) in [7, 11) is 0. The molecule has 0 aliphatic heterocycles. The predicted molar refractivity (Wildman–Crippen MR) is 69.5 cm³/mol. The molecule has 1 rings (SSSR count). The Bertz CT molecular complexity index is 470. The van der Waals surface area contributed by atoms with Gasteiger partial charge in [-0.15, -0.1) is 11.3 Å². The van der Waals surface area contributed by atoms with Gasteiger partial charge in [-0.05, 0) is 26.3 Å². The van der Waals surface area contributed by atoms with Crippen LogP contribution in [0.2, 0.25) is 0 Å². The van der Waals surface area contributed by atoms with Crippen LogP contribution in [0.3, 0.4) is 0 Å². The summed E-state index contributed by atoms with van der Waals surface area (Å²) in [5.41, 5.74) is 0.766. The lowest BCUT2D eigenvalue weighted by molar-refractivity contribution is 0.0697. The summed E-state index contributed by atoms with van der Waals surface area (Å²) in [4.78, 5) is 23.5. The summed E-state index contributed by atoms with van der Waals surface area (Å²) < 4.78 is 0. The Labute approximate surface area is 109 Å². The normalized spacial score (nSPS) is 12.0. The molecule has 4 N–H and O–H groups in total. The first-order chi connectivity index (χ1) is 8.36. The summed E-state index contributed by atoms with van der Waals surface area (Å²) in [6.45, 7) is 4.96. The molecular weight excluding hydrogens is 256 g/mol. The quantitative estimate of drug-likeness (QED) is 0.668. The van der Waals surface area contributed by atoms with Crippen LogP contribution in [0.4, 0.5) is 9.80 Å². The summed E-state index contributed by atoms with van der Waals surface area (Å²) >= 11 is 1.22. The number of hydrogen-bond acceptors (Lipinski definition) is 4. The molecule has 0 saturated heterocycles. The molecule has 0 spiro atoms. The number of aromatic carboxylic acids is 1. The molecule has 100 valence electrons. The van der Waals surface area contributed by atoms with Crippen LogP contribution in [0.5, 0.6) is 0 Å². The van der Waals surface area contributed by atoms with Crippen molar-refractivity contribution in [3.63, 3.8) is 0 Å². The molecule has 2 amide bonds. The van der Waals surface area contributed by atoms with Gasteiger partial charge >= 0.3 is 12.0 Å². The highest BCUT2D eigenvalue weighted by molar-refractivity contribution is 7.16. The summed E-state index contributed by atoms with van der Waals surface area (Å²) in [5.74, 6) is -1.07. The van der Waals surface area contributed by atoms with Gasteiger partial charge in [0.2, 0.25) is 0 Å². The van der Waals surface area contributed by atoms with Crippen LogP contribution in [-0.4, -0.2) is 34.9 Å². The Morgan fingerprint density at radius 1 is 1.39 bits per heavy atom. The minimum atomic E-state index is -1.07. The van der Waals surface area contributed by atoms with Gasteiger partial charge in [0.25, 0.3) is 0 Å². The van der Waals surface area contributed by atoms with Crippen LogP contribution < -0.4 is 10.6 Å². The second kappa shape index (κ2) is 5.83. The number of amides is 2. The van der Waals surface area contributed by atoms with Crippen molar-refractivity contribution in [2.75, 3.05) is 11.9 Å². The predicted octanol–water partition coefficient (Wildman–Crippen LogP) is 1.57. The van der Waals surface area contributed by atoms with Gasteiger partial charge in [-0.3, -0.25) is 5.32 Å². The van der Waals surface area contributed by atoms with Crippen LogP contribution in [0.25, 0.3) is 0 Å². The summed E-state index contributed by atoms with van der Waals surface area (Å²) in [6, 6.07) is -0.916. The fourth-order valence-electron chi connectivity index (χ4n) is 1.38. The van der Waals surface area contributed by atoms with Gasteiger partial charge in [-0.25, -0.2) is 9.59 Å². The number of carbonyl (C=O) groups is 2. The third kappa shape index (κ3) is 3.21. The van der Waals surface area contributed by atoms with Gasteiger partial charge in [-0.2, -0.15) is 0 Å². The minimum Gasteiger partial charge on any atom is -0.478 e. The standard InChI is InChI=1S/C11H16N2O4S/c1-5(4-14)12-11(17)13-9-8(10(15)16)6(2)7(3)18-9/h5,14H,4H2,1-3H3,(H,15,16)(H2,12,13,17). The molecule has 0 aliphatic carbocycles. The van der Waals surface area contributed by atoms with Crippen LogP contribution in [0.1, 0.15) is 27.7 Å². The maximum absolute atomic E-state index is 11.6. The molecule has 0 aliphatic rings. The van der Waals surface area contributed by atoms with Crippen molar-refractivity contribution in [3.05, 3.63) is 16.0 Å². The lowest BCUT2D eigenvalue weighted by Gasteiger charge is -2.11. The molecule has 0 fully saturated rings. The van der Waals surface area contributed by atoms with Crippen LogP contribution >= 0.6 is 11.3 Å². The second-order valence-electron chi connectivity index (χ2n) is 3.97. The molecule has 0 bridgehead atoms. The van der Waals surface area contributed by atoms with E-state index in [1.165, 1.54) is 11.3 Å². The SMILES string of the molecule is Cc1sc(NC(=O)NC(C)CO)c(C(=O)O)c1C. The fraction of sp³-hybridized carbons (Fsp3) is 0.455. The minimum absolute atomic E-state index is 0.115. The molecule has 0 radical (unpaired) electrons. The number of carboxylic acid groups (broad SMARTS) is 1. The summed E-state index contributed by atoms with van der Waals surface area (Å²) in [5, 5.41) is 23.2. The van der Waals surface area contributed by atoms with Gasteiger partial charge in [0, 0.05) is 4.88 Å². The van der Waals surface area contributed by atoms with Gasteiger partial charge in [0.05, 0.1) is 18.2 Å². The van der Waals surface area contributed by atoms with E-state index in [1.807, 2.05) is 0 Å². The van der Waals surface area contributed by atoms with Gasteiger partial charge in [0.1, 0.15) is 5.00 Å². The lowest BCUT2D eigenvalue weighted by atomic mass is 10.1. The van der Waals surface area contributed by atoms with Gasteiger partial charge in [-0.1, -0.05) is 0 Å². The molecule has 18 heavy (non-hydrogen) atoms. The second-order valence-corrected chi connectivity index (χ2v) is 5.20. The molecular formula is C11H16N2O4S. The third-order valence-corrected chi connectivity index (χ3v) is 3.60. The Kier molecular flexibility index (Phi) is 4.69. The highest BCUT2D eigenvalue weighted by Gasteiger charge is 2.20. The number of urea groups is 1. The zero-order valence-corrected chi connectivity index (χ0v) is 11.2. The molecule has 1 aromatic heterocycles. The molecule has 0 aromatic carbocycles. The van der Waals surface area contributed by atoms with Crippen molar-refractivity contribution in [2.45, 2.75) is 26.8 Å². The van der Waals surface area contributed by atoms with Gasteiger partial charge < -0.3 is 15.5 Å². The largest absolute Gasteiger partial charge is 0.478 e. The van der Waals surface area contributed by atoms with Crippen molar-refractivity contribution >= 4 is 28.3 Å². The first-order valence-corrected chi connectivity index (χ1v) is 6.20. The van der Waals surface area contributed by atoms with E-state index < -0.39 is 12.0 Å². The molecule has 1 atom stereocenters. The number of rotatable bonds is 4. The van der Waals surface area contributed by atoms with E-state index in [2.05, 4.69) is 10.6 Å². The van der Waals surface area contributed by atoms with E-state index in [4.69, 9.17) is 10.2 Å². The number of carboxylic acids is 1. The van der Waals surface area contributed by atoms with E-state index in [0.717, 1.165) is 4.88 Å². The van der Waals surface area contributed by atoms with Crippen molar-refractivity contribution in [1.82, 2.24) is 5.32 Å². The van der Waals surface area contributed by atoms with E-state index >= 15 is 0 Å². The number of aryl methyl sites for hydroxylation is 1. The monoisotopic (exact) mass is 272 g/mol. The average molecular weight is 272 g/mol. The van der Waals surface area contributed by atoms with E-state index in [0.29, 0.717) is 10.6 Å². The maximum Gasteiger partial charge on any atom is 0.338 e. The fourth-order valence-corrected chi connectivity index (χ4v) is 2.43. The number of carbonyl (C=O) groups excluding carboxylic acids is 1. The molecule has 1 unspecified atom stereocenters. The number of aliphatic hydroxyl groups is 1. The number of anilines is 1. The zero-order valence-electron chi connectivity index (χ0n) is 10.4. The molecule has 7 heteroatoms. The van der Waals surface area contributed by atoms with Crippen LogP contribution in [0, 0.1) is 13.8 Å². The average Bonchev–Trinajstić information content (AvgIpc) is 2.53. The van der Waals surface area contributed by atoms with Crippen LogP contribution in [0.15, 0.2) is 0 Å². The Morgan fingerprint density at radius 3 is 2.50 bits per heavy atom. The molecule has 1 aromatic rings. The highest BCUT2D eigenvalue weighted by Crippen LogP contribution is 2.32. The number of hydrogen-bond donors (Lipinski definition) is 4. The van der Waals surface area contributed by atoms with E-state index in [1.54, 1.807) is 20.8 Å². The molecule has 0 saturated carbocycles. The summed E-state index contributed by atoms with van der Waals surface area (Å²) in [6.07, 6.45) is 0. The Morgan fingerprint density at radius 2 is 2.00 bits per heavy atom. The van der Waals surface area contributed by atoms with Gasteiger partial charge in [0.15, 0.2) is 0 Å². The smallest absolute Gasteiger partial charge is 0.338 e. The Balaban J connectivity index is 2.88. The zero-order chi connectivity index (χ0) is 13.9. The first kappa shape index (κ1) is 14.5. The maximum atomic E-state index is 11.6. The Hall–Kier alpha value is -1.60. The highest BCUT2D eigenvalue weighted by atomic mass is 32.1. The van der Waals surface area contributed by atoms with Crippen molar-refractivity contribution in [1.29, 1.82) is 0 Å². The third-order valence-electron chi connectivity index (χ3n) is 2.48. The number of nitrogens with one attached hydrogen (secondary N) is 2. The van der Waals surface area contributed by atoms with Crippen molar-refractivity contribution < 1.29 is 19.8 Å². The molecule has 6 nitrogen and oxygen atoms in total. The number of aliphatic hydroxyl groups excluding tert-OH is 1. The topological polar surface area (TPSA) is 98.7 Å². The van der Waals surface area contributed by atoms with E-state index in [-0.39, 0.29) is 18.2 Å². The van der Waals surface area contributed by atoms with Crippen molar-refractivity contribution in [2.24, 2.45) is 0 Å². The first-order valence-electron chi connectivity index (χ1n) is 5.38. The van der Waals surface area contributed by atoms with Crippen LogP contribution in [-0.2, 0) is 0 Å². The lowest BCUT2D eigenvalue weighted by Crippen LogP contribution is -2.38. The number of thiophene rings is 1. The van der Waals surface area contributed by atoms with Crippen molar-refractivity contribution in [3.8, 4) is 0 Å². The molecule has 1 heterocycles. The van der Waals surface area contributed by atoms with E-state index in [9.17, 15) is 9.59 Å².